The first-order chi connectivity index (χ1) is 11.9. The van der Waals surface area contributed by atoms with Crippen LogP contribution in [0.2, 0.25) is 0 Å². The summed E-state index contributed by atoms with van der Waals surface area (Å²) in [6, 6.07) is 6.90. The minimum Gasteiger partial charge on any atom is -0.508 e. The van der Waals surface area contributed by atoms with E-state index in [-0.39, 0.29) is 29.4 Å². The van der Waals surface area contributed by atoms with Crippen molar-refractivity contribution < 1.29 is 24.5 Å². The van der Waals surface area contributed by atoms with Crippen molar-refractivity contribution in [2.24, 2.45) is 23.7 Å². The number of aromatic hydroxyl groups is 1. The summed E-state index contributed by atoms with van der Waals surface area (Å²) >= 11 is 0. The van der Waals surface area contributed by atoms with E-state index < -0.39 is 23.7 Å². The monoisotopic (exact) mass is 345 g/mol. The van der Waals surface area contributed by atoms with Crippen LogP contribution in [-0.4, -0.2) is 39.8 Å². The molecule has 0 radical (unpaired) electrons. The molecular weight excluding hydrogens is 322 g/mol. The minimum atomic E-state index is -1.44. The fraction of sp³-hybridized carbons (Fsp3) is 0.579. The van der Waals surface area contributed by atoms with Gasteiger partial charge in [0, 0.05) is 24.4 Å². The molecule has 0 bridgehead atoms. The Bertz CT molecular complexity index is 734. The number of amides is 2. The van der Waals surface area contributed by atoms with Crippen molar-refractivity contribution in [1.29, 1.82) is 0 Å². The van der Waals surface area contributed by atoms with E-state index in [0.717, 1.165) is 0 Å². The van der Waals surface area contributed by atoms with Crippen LogP contribution in [0.1, 0.15) is 37.9 Å². The lowest BCUT2D eigenvalue weighted by Gasteiger charge is -2.44. The predicted octanol–water partition coefficient (Wildman–Crippen LogP) is 1.82. The van der Waals surface area contributed by atoms with Crippen LogP contribution in [0.4, 0.5) is 0 Å². The lowest BCUT2D eigenvalue weighted by atomic mass is 9.64. The Morgan fingerprint density at radius 3 is 2.64 bits per heavy atom. The number of phenolic OH excluding ortho intramolecular Hbond substituents is 1. The third kappa shape index (κ3) is 2.17. The summed E-state index contributed by atoms with van der Waals surface area (Å²) in [7, 11) is 1.51. The zero-order valence-electron chi connectivity index (χ0n) is 14.4. The van der Waals surface area contributed by atoms with Crippen molar-refractivity contribution in [3.63, 3.8) is 0 Å². The molecule has 4 rings (SSSR count). The van der Waals surface area contributed by atoms with Gasteiger partial charge in [-0.25, -0.2) is 0 Å². The molecule has 1 aromatic carbocycles. The van der Waals surface area contributed by atoms with Crippen LogP contribution >= 0.6 is 0 Å². The number of aliphatic hydroxyl groups is 1. The zero-order valence-corrected chi connectivity index (χ0v) is 14.4. The number of hydrogen-bond donors (Lipinski definition) is 2. The summed E-state index contributed by atoms with van der Waals surface area (Å²) in [5, 5.41) is 21.5. The fourth-order valence-corrected chi connectivity index (χ4v) is 5.06. The molecule has 2 N–H and O–H groups in total. The molecule has 0 unspecified atom stereocenters. The molecule has 2 heterocycles. The van der Waals surface area contributed by atoms with Crippen molar-refractivity contribution in [3.8, 4) is 5.75 Å². The largest absolute Gasteiger partial charge is 0.508 e. The van der Waals surface area contributed by atoms with Gasteiger partial charge in [-0.05, 0) is 25.3 Å². The molecule has 134 valence electrons. The summed E-state index contributed by atoms with van der Waals surface area (Å²) < 4.78 is 6.06. The van der Waals surface area contributed by atoms with Crippen LogP contribution < -0.4 is 0 Å². The first kappa shape index (κ1) is 16.5. The molecule has 3 fully saturated rings. The van der Waals surface area contributed by atoms with Gasteiger partial charge in [0.1, 0.15) is 5.75 Å². The lowest BCUT2D eigenvalue weighted by Crippen LogP contribution is -2.53. The highest BCUT2D eigenvalue weighted by Gasteiger charge is 2.65. The fourth-order valence-electron chi connectivity index (χ4n) is 5.06. The van der Waals surface area contributed by atoms with E-state index in [9.17, 15) is 19.8 Å². The Kier molecular flexibility index (Phi) is 3.67. The maximum absolute atomic E-state index is 12.6. The topological polar surface area (TPSA) is 87.1 Å². The number of ether oxygens (including phenoxy) is 1. The normalized spacial score (nSPS) is 40.3. The molecule has 25 heavy (non-hydrogen) atoms. The van der Waals surface area contributed by atoms with Crippen LogP contribution in [0.5, 0.6) is 5.75 Å². The molecule has 0 aromatic heterocycles. The van der Waals surface area contributed by atoms with E-state index in [1.807, 2.05) is 13.0 Å². The number of rotatable bonds is 2. The van der Waals surface area contributed by atoms with Gasteiger partial charge >= 0.3 is 0 Å². The Balaban J connectivity index is 1.74. The van der Waals surface area contributed by atoms with E-state index in [0.29, 0.717) is 24.8 Å². The Morgan fingerprint density at radius 2 is 1.96 bits per heavy atom. The van der Waals surface area contributed by atoms with Crippen molar-refractivity contribution in [2.75, 3.05) is 7.05 Å². The number of carbonyl (C=O) groups is 2. The van der Waals surface area contributed by atoms with Gasteiger partial charge in [-0.2, -0.15) is 0 Å². The van der Waals surface area contributed by atoms with Gasteiger partial charge in [-0.15, -0.1) is 0 Å². The van der Waals surface area contributed by atoms with Gasteiger partial charge in [0.15, 0.2) is 5.79 Å². The van der Waals surface area contributed by atoms with Crippen LogP contribution in [0.3, 0.4) is 0 Å². The third-order valence-electron chi connectivity index (χ3n) is 6.36. The van der Waals surface area contributed by atoms with Gasteiger partial charge in [-0.3, -0.25) is 14.5 Å². The smallest absolute Gasteiger partial charge is 0.233 e. The predicted molar refractivity (Wildman–Crippen MR) is 88.1 cm³/mol. The van der Waals surface area contributed by atoms with Crippen molar-refractivity contribution in [2.45, 2.75) is 38.1 Å². The number of carbonyl (C=O) groups excluding carboxylic acids is 2. The van der Waals surface area contributed by atoms with Gasteiger partial charge in [0.2, 0.25) is 11.8 Å². The highest BCUT2D eigenvalue weighted by molar-refractivity contribution is 6.05. The number of para-hydroxylation sites is 1. The van der Waals surface area contributed by atoms with Gasteiger partial charge in [0.25, 0.3) is 0 Å². The standard InChI is InChI=1S/C19H23NO5/c1-3-10-8-12-16(18(23)20(2)17(12)22)13-9-15(25-19(10,13)24)11-6-4-5-7-14(11)21/h4-7,10,12-13,15-16,21,24H,3,8-9H2,1-2H3/t10-,12-,13-,15-,16-,19+/m0/s1. The maximum atomic E-state index is 12.6. The second-order valence-electron chi connectivity index (χ2n) is 7.47. The van der Waals surface area contributed by atoms with Crippen molar-refractivity contribution in [3.05, 3.63) is 29.8 Å². The summed E-state index contributed by atoms with van der Waals surface area (Å²) in [5.41, 5.74) is 0.613. The van der Waals surface area contributed by atoms with Gasteiger partial charge in [0.05, 0.1) is 17.9 Å². The molecule has 0 spiro atoms. The molecular formula is C19H23NO5. The zero-order chi connectivity index (χ0) is 17.9. The van der Waals surface area contributed by atoms with Crippen LogP contribution in [0.25, 0.3) is 0 Å². The molecule has 6 nitrogen and oxygen atoms in total. The number of likely N-dealkylation sites (tertiary alicyclic amines) is 1. The molecule has 2 saturated heterocycles. The summed E-state index contributed by atoms with van der Waals surface area (Å²) in [6.07, 6.45) is 1.04. The second-order valence-corrected chi connectivity index (χ2v) is 7.47. The number of nitrogens with zero attached hydrogens (tertiary/aromatic N) is 1. The SMILES string of the molecule is CC[C@H]1C[C@@H]2C(=O)N(C)C(=O)[C@@H]2[C@@H]2C[C@@H](c3ccccc3O)O[C@]12O. The number of phenols is 1. The number of benzene rings is 1. The first-order valence-electron chi connectivity index (χ1n) is 8.88. The van der Waals surface area contributed by atoms with E-state index in [1.165, 1.54) is 11.9 Å². The highest BCUT2D eigenvalue weighted by atomic mass is 16.6. The molecule has 3 aliphatic rings. The first-order valence-corrected chi connectivity index (χ1v) is 8.88. The second kappa shape index (κ2) is 5.54. The van der Waals surface area contributed by atoms with E-state index in [4.69, 9.17) is 4.74 Å². The van der Waals surface area contributed by atoms with E-state index >= 15 is 0 Å². The van der Waals surface area contributed by atoms with Crippen LogP contribution in [0, 0.1) is 23.7 Å². The minimum absolute atomic E-state index is 0.116. The average molecular weight is 345 g/mol. The van der Waals surface area contributed by atoms with Crippen LogP contribution in [0.15, 0.2) is 24.3 Å². The summed E-state index contributed by atoms with van der Waals surface area (Å²) in [5.74, 6) is -3.27. The quantitative estimate of drug-likeness (QED) is 0.799. The molecule has 6 heteroatoms. The van der Waals surface area contributed by atoms with E-state index in [1.54, 1.807) is 18.2 Å². The maximum Gasteiger partial charge on any atom is 0.233 e. The van der Waals surface area contributed by atoms with Crippen molar-refractivity contribution in [1.82, 2.24) is 4.90 Å². The molecule has 1 aromatic rings. The Labute approximate surface area is 146 Å². The molecule has 6 atom stereocenters. The number of imide groups is 1. The van der Waals surface area contributed by atoms with Gasteiger partial charge < -0.3 is 14.9 Å². The average Bonchev–Trinajstić information content (AvgIpc) is 3.05. The Hall–Kier alpha value is -1.92. The number of hydrogen-bond acceptors (Lipinski definition) is 5. The van der Waals surface area contributed by atoms with Gasteiger partial charge in [-0.1, -0.05) is 25.1 Å². The third-order valence-corrected chi connectivity index (χ3v) is 6.36. The molecule has 2 aliphatic heterocycles. The molecule has 1 saturated carbocycles. The molecule has 2 amide bonds. The summed E-state index contributed by atoms with van der Waals surface area (Å²) in [4.78, 5) is 26.3. The molecule has 1 aliphatic carbocycles. The van der Waals surface area contributed by atoms with Crippen LogP contribution in [-0.2, 0) is 14.3 Å². The Morgan fingerprint density at radius 1 is 1.24 bits per heavy atom. The highest BCUT2D eigenvalue weighted by Crippen LogP contribution is 2.59. The summed E-state index contributed by atoms with van der Waals surface area (Å²) in [6.45, 7) is 1.96. The lowest BCUT2D eigenvalue weighted by molar-refractivity contribution is -0.269. The van der Waals surface area contributed by atoms with E-state index in [2.05, 4.69) is 0 Å². The number of fused-ring (bicyclic) bond motifs is 3. The van der Waals surface area contributed by atoms with Crippen molar-refractivity contribution >= 4 is 11.8 Å².